The Morgan fingerprint density at radius 3 is 2.86 bits per heavy atom. The summed E-state index contributed by atoms with van der Waals surface area (Å²) in [6.45, 7) is 1.33. The molecule has 1 aliphatic rings. The number of carbonyl (C=O) groups is 1. The molecule has 1 amide bonds. The van der Waals surface area contributed by atoms with Crippen LogP contribution in [0.2, 0.25) is 0 Å². The fraction of sp³-hybridized carbons (Fsp3) is 0.611. The van der Waals surface area contributed by atoms with Crippen molar-refractivity contribution in [2.24, 2.45) is 5.92 Å². The van der Waals surface area contributed by atoms with Crippen LogP contribution in [-0.4, -0.2) is 19.6 Å². The maximum atomic E-state index is 12.1. The quantitative estimate of drug-likeness (QED) is 0.773. The van der Waals surface area contributed by atoms with Crippen molar-refractivity contribution in [2.45, 2.75) is 51.6 Å². The van der Waals surface area contributed by atoms with Crippen LogP contribution in [-0.2, 0) is 11.3 Å². The van der Waals surface area contributed by atoms with E-state index in [1.165, 1.54) is 38.5 Å². The van der Waals surface area contributed by atoms with E-state index in [1.54, 1.807) is 7.11 Å². The molecule has 1 saturated carbocycles. The van der Waals surface area contributed by atoms with Gasteiger partial charge in [-0.2, -0.15) is 0 Å². The SMILES string of the molecule is COCc1cccc(C(=O)NCCCC2CCCCC2)c1. The standard InChI is InChI=1S/C18H27NO2/c1-21-14-16-9-5-11-17(13-16)18(20)19-12-6-10-15-7-3-2-4-8-15/h5,9,11,13,15H,2-4,6-8,10,12,14H2,1H3,(H,19,20). The maximum Gasteiger partial charge on any atom is 0.251 e. The van der Waals surface area contributed by atoms with Gasteiger partial charge in [0.1, 0.15) is 0 Å². The molecule has 0 saturated heterocycles. The van der Waals surface area contributed by atoms with Crippen molar-refractivity contribution in [2.75, 3.05) is 13.7 Å². The molecule has 116 valence electrons. The van der Waals surface area contributed by atoms with Crippen LogP contribution >= 0.6 is 0 Å². The van der Waals surface area contributed by atoms with Gasteiger partial charge in [-0.25, -0.2) is 0 Å². The first kappa shape index (κ1) is 16.0. The molecule has 0 aromatic heterocycles. The van der Waals surface area contributed by atoms with Gasteiger partial charge in [0.15, 0.2) is 0 Å². The highest BCUT2D eigenvalue weighted by Crippen LogP contribution is 2.26. The number of carbonyl (C=O) groups excluding carboxylic acids is 1. The van der Waals surface area contributed by atoms with Gasteiger partial charge in [0, 0.05) is 19.2 Å². The minimum Gasteiger partial charge on any atom is -0.380 e. The monoisotopic (exact) mass is 289 g/mol. The van der Waals surface area contributed by atoms with Gasteiger partial charge in [-0.1, -0.05) is 44.2 Å². The van der Waals surface area contributed by atoms with E-state index < -0.39 is 0 Å². The molecule has 0 unspecified atom stereocenters. The van der Waals surface area contributed by atoms with E-state index in [0.717, 1.165) is 30.0 Å². The third kappa shape index (κ3) is 5.50. The Hall–Kier alpha value is -1.35. The van der Waals surface area contributed by atoms with Gasteiger partial charge in [0.05, 0.1) is 6.61 Å². The third-order valence-electron chi connectivity index (χ3n) is 4.30. The highest BCUT2D eigenvalue weighted by atomic mass is 16.5. The Morgan fingerprint density at radius 1 is 1.29 bits per heavy atom. The summed E-state index contributed by atoms with van der Waals surface area (Å²) in [5, 5.41) is 3.03. The number of rotatable bonds is 7. The van der Waals surface area contributed by atoms with Crippen molar-refractivity contribution < 1.29 is 9.53 Å². The van der Waals surface area contributed by atoms with Crippen LogP contribution in [0.3, 0.4) is 0 Å². The van der Waals surface area contributed by atoms with Crippen molar-refractivity contribution in [1.82, 2.24) is 5.32 Å². The van der Waals surface area contributed by atoms with Crippen LogP contribution in [0.25, 0.3) is 0 Å². The van der Waals surface area contributed by atoms with Gasteiger partial charge in [-0.3, -0.25) is 4.79 Å². The lowest BCUT2D eigenvalue weighted by Gasteiger charge is -2.21. The maximum absolute atomic E-state index is 12.1. The van der Waals surface area contributed by atoms with Crippen LogP contribution in [0.5, 0.6) is 0 Å². The van der Waals surface area contributed by atoms with E-state index in [-0.39, 0.29) is 5.91 Å². The van der Waals surface area contributed by atoms with E-state index in [9.17, 15) is 4.79 Å². The summed E-state index contributed by atoms with van der Waals surface area (Å²) in [6, 6.07) is 7.64. The van der Waals surface area contributed by atoms with Crippen LogP contribution in [0, 0.1) is 5.92 Å². The van der Waals surface area contributed by atoms with Gasteiger partial charge < -0.3 is 10.1 Å². The highest BCUT2D eigenvalue weighted by Gasteiger charge is 2.13. The average molecular weight is 289 g/mol. The number of ether oxygens (including phenoxy) is 1. The minimum atomic E-state index is 0.0246. The van der Waals surface area contributed by atoms with Crippen LogP contribution < -0.4 is 5.32 Å². The van der Waals surface area contributed by atoms with E-state index in [1.807, 2.05) is 24.3 Å². The Kier molecular flexibility index (Phi) is 6.74. The summed E-state index contributed by atoms with van der Waals surface area (Å²) in [4.78, 5) is 12.1. The van der Waals surface area contributed by atoms with Crippen molar-refractivity contribution >= 4 is 5.91 Å². The second-order valence-corrected chi connectivity index (χ2v) is 6.04. The first-order valence-electron chi connectivity index (χ1n) is 8.15. The molecule has 1 N–H and O–H groups in total. The van der Waals surface area contributed by atoms with Crippen LogP contribution in [0.15, 0.2) is 24.3 Å². The van der Waals surface area contributed by atoms with Gasteiger partial charge in [-0.05, 0) is 36.5 Å². The molecule has 1 aliphatic carbocycles. The zero-order valence-corrected chi connectivity index (χ0v) is 13.1. The molecular formula is C18H27NO2. The lowest BCUT2D eigenvalue weighted by atomic mass is 9.86. The zero-order valence-electron chi connectivity index (χ0n) is 13.1. The zero-order chi connectivity index (χ0) is 14.9. The fourth-order valence-electron chi connectivity index (χ4n) is 3.14. The van der Waals surface area contributed by atoms with Crippen molar-refractivity contribution in [3.05, 3.63) is 35.4 Å². The molecule has 0 radical (unpaired) electrons. The van der Waals surface area contributed by atoms with Crippen molar-refractivity contribution in [1.29, 1.82) is 0 Å². The molecule has 0 bridgehead atoms. The number of amides is 1. The molecule has 1 aromatic rings. The number of benzene rings is 1. The number of methoxy groups -OCH3 is 1. The largest absolute Gasteiger partial charge is 0.380 e. The van der Waals surface area contributed by atoms with E-state index in [2.05, 4.69) is 5.32 Å². The summed E-state index contributed by atoms with van der Waals surface area (Å²) < 4.78 is 5.10. The summed E-state index contributed by atoms with van der Waals surface area (Å²) in [5.74, 6) is 0.914. The van der Waals surface area contributed by atoms with E-state index >= 15 is 0 Å². The molecule has 0 atom stereocenters. The summed E-state index contributed by atoms with van der Waals surface area (Å²) >= 11 is 0. The number of hydrogen-bond donors (Lipinski definition) is 1. The Bertz CT molecular complexity index is 439. The summed E-state index contributed by atoms with van der Waals surface area (Å²) in [7, 11) is 1.66. The second-order valence-electron chi connectivity index (χ2n) is 6.04. The average Bonchev–Trinajstić information content (AvgIpc) is 2.53. The lowest BCUT2D eigenvalue weighted by molar-refractivity contribution is 0.0951. The Morgan fingerprint density at radius 2 is 2.10 bits per heavy atom. The van der Waals surface area contributed by atoms with Gasteiger partial charge in [0.25, 0.3) is 5.91 Å². The predicted octanol–water partition coefficient (Wildman–Crippen LogP) is 3.92. The van der Waals surface area contributed by atoms with E-state index in [0.29, 0.717) is 6.61 Å². The van der Waals surface area contributed by atoms with Gasteiger partial charge in [-0.15, -0.1) is 0 Å². The molecule has 0 spiro atoms. The Labute approximate surface area is 128 Å². The fourth-order valence-corrected chi connectivity index (χ4v) is 3.14. The second kappa shape index (κ2) is 8.83. The predicted molar refractivity (Wildman–Crippen MR) is 85.3 cm³/mol. The van der Waals surface area contributed by atoms with Gasteiger partial charge >= 0.3 is 0 Å². The van der Waals surface area contributed by atoms with Crippen molar-refractivity contribution in [3.63, 3.8) is 0 Å². The summed E-state index contributed by atoms with van der Waals surface area (Å²) in [6.07, 6.45) is 9.30. The summed E-state index contributed by atoms with van der Waals surface area (Å²) in [5.41, 5.74) is 1.76. The Balaban J connectivity index is 1.70. The lowest BCUT2D eigenvalue weighted by Crippen LogP contribution is -2.25. The smallest absolute Gasteiger partial charge is 0.251 e. The van der Waals surface area contributed by atoms with Crippen molar-refractivity contribution in [3.8, 4) is 0 Å². The number of hydrogen-bond acceptors (Lipinski definition) is 2. The molecule has 0 aliphatic heterocycles. The van der Waals surface area contributed by atoms with Crippen LogP contribution in [0.4, 0.5) is 0 Å². The molecule has 0 heterocycles. The number of nitrogens with one attached hydrogen (secondary N) is 1. The first-order valence-corrected chi connectivity index (χ1v) is 8.15. The molecular weight excluding hydrogens is 262 g/mol. The third-order valence-corrected chi connectivity index (χ3v) is 4.30. The molecule has 21 heavy (non-hydrogen) atoms. The molecule has 1 aromatic carbocycles. The van der Waals surface area contributed by atoms with Gasteiger partial charge in [0.2, 0.25) is 0 Å². The topological polar surface area (TPSA) is 38.3 Å². The highest BCUT2D eigenvalue weighted by molar-refractivity contribution is 5.94. The minimum absolute atomic E-state index is 0.0246. The molecule has 2 rings (SSSR count). The van der Waals surface area contributed by atoms with E-state index in [4.69, 9.17) is 4.74 Å². The molecule has 3 nitrogen and oxygen atoms in total. The normalized spacial score (nSPS) is 15.9. The molecule has 1 fully saturated rings. The first-order chi connectivity index (χ1) is 10.3. The molecule has 3 heteroatoms. The van der Waals surface area contributed by atoms with Crippen LogP contribution in [0.1, 0.15) is 60.9 Å².